The molecule has 3 aromatic carbocycles. The van der Waals surface area contributed by atoms with Gasteiger partial charge in [0.15, 0.2) is 0 Å². The summed E-state index contributed by atoms with van der Waals surface area (Å²) in [6.45, 7) is 0.523. The fraction of sp³-hybridized carbons (Fsp3) is 0.211. The van der Waals surface area contributed by atoms with Crippen molar-refractivity contribution in [3.63, 3.8) is 0 Å². The first-order chi connectivity index (χ1) is 11.3. The van der Waals surface area contributed by atoms with Crippen molar-refractivity contribution in [3.8, 4) is 5.75 Å². The number of benzene rings is 3. The molecule has 1 unspecified atom stereocenters. The minimum Gasteiger partial charge on any atom is -0.495 e. The summed E-state index contributed by atoms with van der Waals surface area (Å²) in [5, 5.41) is 4.56. The first-order valence-corrected chi connectivity index (χ1v) is 8.59. The van der Waals surface area contributed by atoms with E-state index in [-0.39, 0.29) is 11.2 Å². The third-order valence-electron chi connectivity index (χ3n) is 4.27. The molecule has 0 saturated carbocycles. The zero-order valence-corrected chi connectivity index (χ0v) is 13.6. The number of carbonyl (C=O) groups is 1. The van der Waals surface area contributed by atoms with Crippen LogP contribution in [0.4, 0.5) is 0 Å². The molecule has 4 heteroatoms. The number of thioether (sulfide) groups is 1. The SMILES string of the molecule is COc1c2ccccc2c(CSC2COC2=O)c2ccccc12. The van der Waals surface area contributed by atoms with Crippen LogP contribution in [0, 0.1) is 0 Å². The van der Waals surface area contributed by atoms with Crippen LogP contribution >= 0.6 is 11.8 Å². The van der Waals surface area contributed by atoms with Crippen molar-refractivity contribution >= 4 is 39.3 Å². The normalized spacial score (nSPS) is 17.1. The predicted molar refractivity (Wildman–Crippen MR) is 94.0 cm³/mol. The molecular weight excluding hydrogens is 308 g/mol. The second-order valence-corrected chi connectivity index (χ2v) is 6.72. The molecule has 1 aliphatic heterocycles. The molecule has 1 fully saturated rings. The summed E-state index contributed by atoms with van der Waals surface area (Å²) in [5.41, 5.74) is 1.25. The van der Waals surface area contributed by atoms with Crippen molar-refractivity contribution in [2.45, 2.75) is 11.0 Å². The Morgan fingerprint density at radius 1 is 1.04 bits per heavy atom. The van der Waals surface area contributed by atoms with Crippen molar-refractivity contribution in [1.82, 2.24) is 0 Å². The van der Waals surface area contributed by atoms with Crippen molar-refractivity contribution in [2.75, 3.05) is 13.7 Å². The van der Waals surface area contributed by atoms with E-state index in [9.17, 15) is 4.79 Å². The monoisotopic (exact) mass is 324 g/mol. The topological polar surface area (TPSA) is 35.5 Å². The van der Waals surface area contributed by atoms with E-state index < -0.39 is 0 Å². The Morgan fingerprint density at radius 2 is 1.61 bits per heavy atom. The van der Waals surface area contributed by atoms with Gasteiger partial charge in [-0.25, -0.2) is 0 Å². The third kappa shape index (κ3) is 2.34. The first kappa shape index (κ1) is 14.4. The second kappa shape index (κ2) is 5.78. The maximum atomic E-state index is 11.4. The molecule has 0 aromatic heterocycles. The molecule has 23 heavy (non-hydrogen) atoms. The van der Waals surface area contributed by atoms with Gasteiger partial charge in [-0.05, 0) is 16.3 Å². The Labute approximate surface area is 138 Å². The second-order valence-electron chi connectivity index (χ2n) is 5.53. The summed E-state index contributed by atoms with van der Waals surface area (Å²) in [6, 6.07) is 16.6. The fourth-order valence-corrected chi connectivity index (χ4v) is 4.12. The largest absolute Gasteiger partial charge is 0.495 e. The maximum Gasteiger partial charge on any atom is 0.322 e. The van der Waals surface area contributed by atoms with Crippen molar-refractivity contribution < 1.29 is 14.3 Å². The Hall–Kier alpha value is -2.20. The van der Waals surface area contributed by atoms with Gasteiger partial charge in [0, 0.05) is 16.5 Å². The van der Waals surface area contributed by atoms with E-state index in [0.717, 1.165) is 22.3 Å². The summed E-state index contributed by atoms with van der Waals surface area (Å²) < 4.78 is 10.6. The van der Waals surface area contributed by atoms with Crippen molar-refractivity contribution in [3.05, 3.63) is 54.1 Å². The first-order valence-electron chi connectivity index (χ1n) is 7.54. The number of rotatable bonds is 4. The lowest BCUT2D eigenvalue weighted by Crippen LogP contribution is -2.37. The van der Waals surface area contributed by atoms with Gasteiger partial charge in [0.1, 0.15) is 17.6 Å². The summed E-state index contributed by atoms with van der Waals surface area (Å²) >= 11 is 1.65. The van der Waals surface area contributed by atoms with Gasteiger partial charge in [-0.1, -0.05) is 48.5 Å². The minimum atomic E-state index is -0.0999. The van der Waals surface area contributed by atoms with Crippen LogP contribution in [0.25, 0.3) is 21.5 Å². The van der Waals surface area contributed by atoms with Crippen molar-refractivity contribution in [2.24, 2.45) is 0 Å². The molecule has 116 valence electrons. The predicted octanol–water partition coefficient (Wildman–Crippen LogP) is 4.16. The molecule has 1 heterocycles. The molecule has 1 atom stereocenters. The highest BCUT2D eigenvalue weighted by Crippen LogP contribution is 2.40. The number of hydrogen-bond acceptors (Lipinski definition) is 4. The molecule has 0 aliphatic carbocycles. The van der Waals surface area contributed by atoms with Crippen LogP contribution in [-0.2, 0) is 15.3 Å². The van der Waals surface area contributed by atoms with Gasteiger partial charge >= 0.3 is 5.97 Å². The lowest BCUT2D eigenvalue weighted by molar-refractivity contribution is -0.155. The number of esters is 1. The van der Waals surface area contributed by atoms with Crippen molar-refractivity contribution in [1.29, 1.82) is 0 Å². The van der Waals surface area contributed by atoms with Crippen LogP contribution in [0.1, 0.15) is 5.56 Å². The Bertz CT molecular complexity index is 847. The number of hydrogen-bond donors (Lipinski definition) is 0. The van der Waals surface area contributed by atoms with E-state index in [2.05, 4.69) is 24.3 Å². The van der Waals surface area contributed by atoms with Gasteiger partial charge in [0.25, 0.3) is 0 Å². The van der Waals surface area contributed by atoms with Crippen LogP contribution in [0.5, 0.6) is 5.75 Å². The van der Waals surface area contributed by atoms with Gasteiger partial charge in [0.05, 0.1) is 7.11 Å². The van der Waals surface area contributed by atoms with Gasteiger partial charge in [-0.3, -0.25) is 4.79 Å². The molecule has 0 amide bonds. The summed E-state index contributed by atoms with van der Waals surface area (Å²) in [6.07, 6.45) is 0. The zero-order valence-electron chi connectivity index (χ0n) is 12.7. The van der Waals surface area contributed by atoms with Crippen LogP contribution < -0.4 is 4.74 Å². The average molecular weight is 324 g/mol. The maximum absolute atomic E-state index is 11.4. The molecule has 0 spiro atoms. The van der Waals surface area contributed by atoms with E-state index in [1.165, 1.54) is 16.3 Å². The molecule has 0 bridgehead atoms. The van der Waals surface area contributed by atoms with Gasteiger partial charge in [-0.2, -0.15) is 0 Å². The minimum absolute atomic E-state index is 0.0328. The van der Waals surface area contributed by atoms with Gasteiger partial charge < -0.3 is 9.47 Å². The summed E-state index contributed by atoms with van der Waals surface area (Å²) in [4.78, 5) is 11.4. The van der Waals surface area contributed by atoms with E-state index in [0.29, 0.717) is 6.61 Å². The average Bonchev–Trinajstić information content (AvgIpc) is 2.60. The number of fused-ring (bicyclic) bond motifs is 2. The van der Waals surface area contributed by atoms with E-state index in [1.807, 2.05) is 24.3 Å². The highest BCUT2D eigenvalue weighted by Gasteiger charge is 2.31. The van der Waals surface area contributed by atoms with Crippen LogP contribution in [0.2, 0.25) is 0 Å². The van der Waals surface area contributed by atoms with E-state index in [4.69, 9.17) is 9.47 Å². The number of cyclic esters (lactones) is 1. The van der Waals surface area contributed by atoms with Crippen LogP contribution in [0.15, 0.2) is 48.5 Å². The van der Waals surface area contributed by atoms with Gasteiger partial charge in [0.2, 0.25) is 0 Å². The summed E-state index contributed by atoms with van der Waals surface area (Å²) in [5.74, 6) is 1.59. The Morgan fingerprint density at radius 3 is 2.04 bits per heavy atom. The lowest BCUT2D eigenvalue weighted by atomic mass is 9.96. The molecular formula is C19H16O3S. The zero-order chi connectivity index (χ0) is 15.8. The number of ether oxygens (including phenoxy) is 2. The third-order valence-corrected chi connectivity index (χ3v) is 5.45. The van der Waals surface area contributed by atoms with Crippen LogP contribution in [0.3, 0.4) is 0 Å². The molecule has 3 nitrogen and oxygen atoms in total. The van der Waals surface area contributed by atoms with Crippen LogP contribution in [-0.4, -0.2) is 24.9 Å². The highest BCUT2D eigenvalue weighted by atomic mass is 32.2. The standard InChI is InChI=1S/C19H16O3S/c1-21-18-14-8-4-2-6-12(14)16(11-23-17-10-22-19(17)20)13-7-3-5-9-15(13)18/h2-9,17H,10-11H2,1H3. The molecule has 0 N–H and O–H groups in total. The molecule has 1 saturated heterocycles. The molecule has 1 aliphatic rings. The number of methoxy groups -OCH3 is 1. The van der Waals surface area contributed by atoms with E-state index >= 15 is 0 Å². The quantitative estimate of drug-likeness (QED) is 0.533. The smallest absolute Gasteiger partial charge is 0.322 e. The van der Waals surface area contributed by atoms with Gasteiger partial charge in [-0.15, -0.1) is 11.8 Å². The fourth-order valence-electron chi connectivity index (χ4n) is 3.07. The Kier molecular flexibility index (Phi) is 3.62. The number of carbonyl (C=O) groups excluding carboxylic acids is 1. The van der Waals surface area contributed by atoms with E-state index in [1.54, 1.807) is 18.9 Å². The highest BCUT2D eigenvalue weighted by molar-refractivity contribution is 8.00. The molecule has 0 radical (unpaired) electrons. The molecule has 4 rings (SSSR count). The Balaban J connectivity index is 1.90. The molecule has 3 aromatic rings. The lowest BCUT2D eigenvalue weighted by Gasteiger charge is -2.24. The summed E-state index contributed by atoms with van der Waals surface area (Å²) in [7, 11) is 1.72.